The van der Waals surface area contributed by atoms with Crippen molar-refractivity contribution in [3.8, 4) is 0 Å². The first-order valence-corrected chi connectivity index (χ1v) is 6.45. The van der Waals surface area contributed by atoms with Crippen molar-refractivity contribution in [3.63, 3.8) is 0 Å². The third kappa shape index (κ3) is 4.58. The Morgan fingerprint density at radius 2 is 1.94 bits per heavy atom. The predicted molar refractivity (Wildman–Crippen MR) is 81.3 cm³/mol. The summed E-state index contributed by atoms with van der Waals surface area (Å²) in [5.74, 6) is 0.927. The van der Waals surface area contributed by atoms with E-state index in [9.17, 15) is 0 Å². The maximum absolute atomic E-state index is 5.67. The molecule has 0 bridgehead atoms. The molecule has 1 rings (SSSR count). The van der Waals surface area contributed by atoms with Crippen LogP contribution in [0.25, 0.3) is 0 Å². The Balaban J connectivity index is 2.73. The van der Waals surface area contributed by atoms with Crippen LogP contribution < -0.4 is 10.6 Å². The number of nitrogens with two attached hydrogens (primary N) is 1. The maximum Gasteiger partial charge on any atom is 0.129 e. The molecule has 0 saturated carbocycles. The van der Waals surface area contributed by atoms with Gasteiger partial charge in [-0.25, -0.2) is 4.98 Å². The van der Waals surface area contributed by atoms with Gasteiger partial charge in [0, 0.05) is 24.8 Å². The van der Waals surface area contributed by atoms with Gasteiger partial charge in [-0.05, 0) is 46.1 Å². The highest BCUT2D eigenvalue weighted by Crippen LogP contribution is 2.14. The average Bonchev–Trinajstić information content (AvgIpc) is 2.27. The normalized spacial score (nSPS) is 10.7. The molecule has 0 atom stereocenters. The molecule has 18 heavy (non-hydrogen) atoms. The molecule has 0 aliphatic carbocycles. The summed E-state index contributed by atoms with van der Waals surface area (Å²) in [7, 11) is 6.20. The Morgan fingerprint density at radius 1 is 1.28 bits per heavy atom. The first-order chi connectivity index (χ1) is 8.40. The molecule has 0 aliphatic heterocycles. The molecule has 0 spiro atoms. The summed E-state index contributed by atoms with van der Waals surface area (Å²) in [6, 6.07) is 3.87. The zero-order valence-electron chi connectivity index (χ0n) is 11.6. The highest BCUT2D eigenvalue weighted by molar-refractivity contribution is 7.80. The fourth-order valence-corrected chi connectivity index (χ4v) is 1.85. The molecule has 0 fully saturated rings. The van der Waals surface area contributed by atoms with Crippen LogP contribution in [0.5, 0.6) is 0 Å². The topological polar surface area (TPSA) is 45.4 Å². The van der Waals surface area contributed by atoms with Gasteiger partial charge in [0.1, 0.15) is 10.8 Å². The molecule has 0 unspecified atom stereocenters. The summed E-state index contributed by atoms with van der Waals surface area (Å²) in [6.45, 7) is 3.99. The van der Waals surface area contributed by atoms with E-state index in [0.29, 0.717) is 4.99 Å². The molecule has 100 valence electrons. The molecule has 5 heteroatoms. The first-order valence-electron chi connectivity index (χ1n) is 6.04. The van der Waals surface area contributed by atoms with Crippen molar-refractivity contribution in [2.45, 2.75) is 13.3 Å². The number of nitrogens with zero attached hydrogens (tertiary/aromatic N) is 3. The number of hydrogen-bond donors (Lipinski definition) is 1. The van der Waals surface area contributed by atoms with Crippen molar-refractivity contribution < 1.29 is 0 Å². The van der Waals surface area contributed by atoms with E-state index >= 15 is 0 Å². The van der Waals surface area contributed by atoms with E-state index in [1.54, 1.807) is 0 Å². The minimum atomic E-state index is 0.420. The molecule has 1 heterocycles. The van der Waals surface area contributed by atoms with Gasteiger partial charge in [0.25, 0.3) is 0 Å². The zero-order chi connectivity index (χ0) is 13.7. The third-order valence-electron chi connectivity index (χ3n) is 2.71. The number of aromatic nitrogens is 1. The van der Waals surface area contributed by atoms with Crippen LogP contribution in [0.2, 0.25) is 0 Å². The van der Waals surface area contributed by atoms with Crippen molar-refractivity contribution >= 4 is 23.0 Å². The van der Waals surface area contributed by atoms with Gasteiger partial charge >= 0.3 is 0 Å². The van der Waals surface area contributed by atoms with Gasteiger partial charge in [0.2, 0.25) is 0 Å². The standard InChI is InChI=1S/C13H22N4S/c1-10-8-11(13(14)18)9-12(15-10)17(4)7-5-6-16(2)3/h8-9H,5-7H2,1-4H3,(H2,14,18). The van der Waals surface area contributed by atoms with Crippen LogP contribution in [0.4, 0.5) is 5.82 Å². The van der Waals surface area contributed by atoms with Gasteiger partial charge in [-0.3, -0.25) is 0 Å². The number of anilines is 1. The lowest BCUT2D eigenvalue weighted by molar-refractivity contribution is 0.401. The smallest absolute Gasteiger partial charge is 0.129 e. The molecule has 1 aromatic rings. The van der Waals surface area contributed by atoms with Crippen LogP contribution in [-0.4, -0.2) is 49.1 Å². The molecule has 0 radical (unpaired) electrons. The lowest BCUT2D eigenvalue weighted by Crippen LogP contribution is -2.24. The molecule has 0 aliphatic rings. The SMILES string of the molecule is Cc1cc(C(N)=S)cc(N(C)CCCN(C)C)n1. The van der Waals surface area contributed by atoms with E-state index in [1.807, 2.05) is 26.1 Å². The Kier molecular flexibility index (Phi) is 5.50. The van der Waals surface area contributed by atoms with E-state index in [2.05, 4.69) is 28.9 Å². The Labute approximate surface area is 115 Å². The Morgan fingerprint density at radius 3 is 2.50 bits per heavy atom. The minimum absolute atomic E-state index is 0.420. The molecule has 0 saturated heterocycles. The van der Waals surface area contributed by atoms with Crippen LogP contribution in [0.3, 0.4) is 0 Å². The van der Waals surface area contributed by atoms with Crippen LogP contribution in [0.15, 0.2) is 12.1 Å². The molecule has 1 aromatic heterocycles. The van der Waals surface area contributed by atoms with Gasteiger partial charge < -0.3 is 15.5 Å². The quantitative estimate of drug-likeness (QED) is 0.789. The number of hydrogen-bond acceptors (Lipinski definition) is 4. The summed E-state index contributed by atoms with van der Waals surface area (Å²) in [5, 5.41) is 0. The summed E-state index contributed by atoms with van der Waals surface area (Å²) >= 11 is 5.01. The van der Waals surface area contributed by atoms with E-state index in [-0.39, 0.29) is 0 Å². The highest BCUT2D eigenvalue weighted by Gasteiger charge is 2.07. The summed E-state index contributed by atoms with van der Waals surface area (Å²) < 4.78 is 0. The van der Waals surface area contributed by atoms with E-state index in [0.717, 1.165) is 36.6 Å². The number of pyridine rings is 1. The maximum atomic E-state index is 5.67. The van der Waals surface area contributed by atoms with Crippen LogP contribution in [0, 0.1) is 6.92 Å². The van der Waals surface area contributed by atoms with Crippen LogP contribution >= 0.6 is 12.2 Å². The summed E-state index contributed by atoms with van der Waals surface area (Å²) in [6.07, 6.45) is 1.10. The molecular weight excluding hydrogens is 244 g/mol. The van der Waals surface area contributed by atoms with Crippen molar-refractivity contribution in [2.75, 3.05) is 39.1 Å². The van der Waals surface area contributed by atoms with Gasteiger partial charge in [0.05, 0.1) is 0 Å². The van der Waals surface area contributed by atoms with Crippen molar-refractivity contribution in [1.29, 1.82) is 0 Å². The van der Waals surface area contributed by atoms with E-state index in [4.69, 9.17) is 18.0 Å². The van der Waals surface area contributed by atoms with Crippen LogP contribution in [-0.2, 0) is 0 Å². The van der Waals surface area contributed by atoms with E-state index in [1.165, 1.54) is 0 Å². The Hall–Kier alpha value is -1.20. The zero-order valence-corrected chi connectivity index (χ0v) is 12.4. The fraction of sp³-hybridized carbons (Fsp3) is 0.538. The summed E-state index contributed by atoms with van der Waals surface area (Å²) in [5.41, 5.74) is 7.49. The van der Waals surface area contributed by atoms with Gasteiger partial charge in [-0.1, -0.05) is 12.2 Å². The van der Waals surface area contributed by atoms with Crippen molar-refractivity contribution in [3.05, 3.63) is 23.4 Å². The minimum Gasteiger partial charge on any atom is -0.389 e. The Bertz CT molecular complexity index is 417. The second kappa shape index (κ2) is 6.66. The number of thiocarbonyl (C=S) groups is 1. The second-order valence-electron chi connectivity index (χ2n) is 4.80. The monoisotopic (exact) mass is 266 g/mol. The van der Waals surface area contributed by atoms with Gasteiger partial charge in [0.15, 0.2) is 0 Å². The summed E-state index contributed by atoms with van der Waals surface area (Å²) in [4.78, 5) is 9.25. The second-order valence-corrected chi connectivity index (χ2v) is 5.24. The highest BCUT2D eigenvalue weighted by atomic mass is 32.1. The van der Waals surface area contributed by atoms with Gasteiger partial charge in [-0.15, -0.1) is 0 Å². The van der Waals surface area contributed by atoms with Crippen molar-refractivity contribution in [2.24, 2.45) is 5.73 Å². The largest absolute Gasteiger partial charge is 0.389 e. The third-order valence-corrected chi connectivity index (χ3v) is 2.95. The van der Waals surface area contributed by atoms with Crippen LogP contribution in [0.1, 0.15) is 17.7 Å². The van der Waals surface area contributed by atoms with Crippen molar-refractivity contribution in [1.82, 2.24) is 9.88 Å². The van der Waals surface area contributed by atoms with E-state index < -0.39 is 0 Å². The fourth-order valence-electron chi connectivity index (χ4n) is 1.73. The molecule has 0 aromatic carbocycles. The lowest BCUT2D eigenvalue weighted by Gasteiger charge is -2.20. The molecule has 2 N–H and O–H groups in total. The molecule has 4 nitrogen and oxygen atoms in total. The number of aryl methyl sites for hydroxylation is 1. The van der Waals surface area contributed by atoms with Gasteiger partial charge in [-0.2, -0.15) is 0 Å². The average molecular weight is 266 g/mol. The molecule has 0 amide bonds. The number of rotatable bonds is 6. The first kappa shape index (κ1) is 14.9. The lowest BCUT2D eigenvalue weighted by atomic mass is 10.2. The molecular formula is C13H22N4S. The predicted octanol–water partition coefficient (Wildman–Crippen LogP) is 1.41.